The Kier molecular flexibility index (Phi) is 6.40. The standard InChI is InChI=1S/C23H15Cl2FN6O2/c1-28-22-17(26)10-16(25)20(30-22)12-7-8-15(24)14(9-12)23(34)29-19-11-18(21(27)33)31-32(19)13-5-3-2-4-6-13/h2-11H,1H2,(H2,27,33)(H,29,34). The zero-order valence-electron chi connectivity index (χ0n) is 17.3. The van der Waals surface area contributed by atoms with Gasteiger partial charge in [0.15, 0.2) is 17.3 Å². The Labute approximate surface area is 202 Å². The second kappa shape index (κ2) is 9.42. The number of carbonyl (C=O) groups is 2. The number of primary amides is 1. The van der Waals surface area contributed by atoms with E-state index >= 15 is 0 Å². The van der Waals surface area contributed by atoms with Crippen molar-refractivity contribution in [3.63, 3.8) is 0 Å². The van der Waals surface area contributed by atoms with Gasteiger partial charge in [0.1, 0.15) is 5.82 Å². The van der Waals surface area contributed by atoms with E-state index < -0.39 is 17.6 Å². The zero-order valence-corrected chi connectivity index (χ0v) is 18.8. The molecule has 0 radical (unpaired) electrons. The smallest absolute Gasteiger partial charge is 0.269 e. The molecule has 2 aromatic heterocycles. The van der Waals surface area contributed by atoms with Gasteiger partial charge in [0, 0.05) is 11.6 Å². The Morgan fingerprint density at radius 1 is 1.06 bits per heavy atom. The number of aliphatic imine (C=N–C) groups is 1. The summed E-state index contributed by atoms with van der Waals surface area (Å²) in [6.45, 7) is 3.29. The van der Waals surface area contributed by atoms with Crippen molar-refractivity contribution < 1.29 is 14.0 Å². The van der Waals surface area contributed by atoms with Gasteiger partial charge in [0.05, 0.1) is 27.0 Å². The molecule has 4 rings (SSSR count). The Balaban J connectivity index is 1.73. The number of anilines is 1. The van der Waals surface area contributed by atoms with Gasteiger partial charge in [0.2, 0.25) is 0 Å². The lowest BCUT2D eigenvalue weighted by Gasteiger charge is -2.11. The van der Waals surface area contributed by atoms with E-state index in [1.807, 2.05) is 6.07 Å². The molecular formula is C23H15Cl2FN6O2. The van der Waals surface area contributed by atoms with Gasteiger partial charge in [0.25, 0.3) is 11.8 Å². The molecule has 170 valence electrons. The highest BCUT2D eigenvalue weighted by Gasteiger charge is 2.20. The van der Waals surface area contributed by atoms with Crippen LogP contribution in [0.15, 0.2) is 65.7 Å². The van der Waals surface area contributed by atoms with Crippen LogP contribution in [-0.4, -0.2) is 33.3 Å². The number of rotatable bonds is 6. The molecule has 2 aromatic carbocycles. The molecule has 0 aliphatic heterocycles. The lowest BCUT2D eigenvalue weighted by atomic mass is 10.1. The first-order chi connectivity index (χ1) is 16.3. The van der Waals surface area contributed by atoms with Gasteiger partial charge in [-0.2, -0.15) is 5.10 Å². The molecule has 0 saturated heterocycles. The third-order valence-corrected chi connectivity index (χ3v) is 5.37. The van der Waals surface area contributed by atoms with Crippen LogP contribution in [0, 0.1) is 5.82 Å². The second-order valence-electron chi connectivity index (χ2n) is 6.96. The number of hydrogen-bond donors (Lipinski definition) is 2. The van der Waals surface area contributed by atoms with E-state index in [4.69, 9.17) is 28.9 Å². The first-order valence-electron chi connectivity index (χ1n) is 9.68. The Hall–Kier alpha value is -4.08. The summed E-state index contributed by atoms with van der Waals surface area (Å²) < 4.78 is 15.3. The Morgan fingerprint density at radius 2 is 1.79 bits per heavy atom. The van der Waals surface area contributed by atoms with E-state index in [0.717, 1.165) is 6.07 Å². The molecular weight excluding hydrogens is 482 g/mol. The third-order valence-electron chi connectivity index (χ3n) is 4.75. The number of nitrogens with two attached hydrogens (primary N) is 1. The number of amides is 2. The van der Waals surface area contributed by atoms with Gasteiger partial charge in [-0.15, -0.1) is 0 Å². The summed E-state index contributed by atoms with van der Waals surface area (Å²) in [6.07, 6.45) is 0. The topological polar surface area (TPSA) is 115 Å². The Morgan fingerprint density at radius 3 is 2.47 bits per heavy atom. The van der Waals surface area contributed by atoms with E-state index in [0.29, 0.717) is 11.3 Å². The summed E-state index contributed by atoms with van der Waals surface area (Å²) in [5, 5.41) is 7.02. The van der Waals surface area contributed by atoms with Gasteiger partial charge >= 0.3 is 0 Å². The third kappa shape index (κ3) is 4.52. The van der Waals surface area contributed by atoms with E-state index in [2.05, 4.69) is 27.1 Å². The number of benzene rings is 2. The molecule has 34 heavy (non-hydrogen) atoms. The van der Waals surface area contributed by atoms with Crippen molar-refractivity contribution in [2.24, 2.45) is 10.7 Å². The van der Waals surface area contributed by atoms with Crippen molar-refractivity contribution >= 4 is 53.4 Å². The van der Waals surface area contributed by atoms with Crippen LogP contribution < -0.4 is 11.1 Å². The summed E-state index contributed by atoms with van der Waals surface area (Å²) in [4.78, 5) is 32.4. The minimum absolute atomic E-state index is 0.0202. The van der Waals surface area contributed by atoms with Crippen LogP contribution in [0.2, 0.25) is 10.0 Å². The van der Waals surface area contributed by atoms with Crippen LogP contribution in [0.5, 0.6) is 0 Å². The van der Waals surface area contributed by atoms with Crippen LogP contribution >= 0.6 is 23.2 Å². The van der Waals surface area contributed by atoms with Crippen LogP contribution in [0.25, 0.3) is 16.9 Å². The molecule has 0 saturated carbocycles. The monoisotopic (exact) mass is 496 g/mol. The van der Waals surface area contributed by atoms with Gasteiger partial charge < -0.3 is 11.1 Å². The lowest BCUT2D eigenvalue weighted by Crippen LogP contribution is -2.16. The highest BCUT2D eigenvalue weighted by atomic mass is 35.5. The molecule has 4 aromatic rings. The number of nitrogens with one attached hydrogen (secondary N) is 1. The highest BCUT2D eigenvalue weighted by molar-refractivity contribution is 6.35. The van der Waals surface area contributed by atoms with Crippen molar-refractivity contribution in [1.82, 2.24) is 14.8 Å². The lowest BCUT2D eigenvalue weighted by molar-refractivity contribution is 0.0992. The van der Waals surface area contributed by atoms with Gasteiger partial charge in [-0.05, 0) is 37.0 Å². The molecule has 0 atom stereocenters. The molecule has 0 aliphatic rings. The fourth-order valence-corrected chi connectivity index (χ4v) is 3.61. The maximum atomic E-state index is 13.9. The number of hydrogen-bond acceptors (Lipinski definition) is 5. The van der Waals surface area contributed by atoms with Crippen LogP contribution in [0.1, 0.15) is 20.8 Å². The summed E-state index contributed by atoms with van der Waals surface area (Å²) in [5.74, 6) is -2.11. The maximum absolute atomic E-state index is 13.9. The minimum Gasteiger partial charge on any atom is -0.364 e. The fourth-order valence-electron chi connectivity index (χ4n) is 3.16. The van der Waals surface area contributed by atoms with E-state index in [1.165, 1.54) is 22.9 Å². The second-order valence-corrected chi connectivity index (χ2v) is 7.77. The first-order valence-corrected chi connectivity index (χ1v) is 10.4. The predicted octanol–water partition coefficient (Wildman–Crippen LogP) is 5.06. The number of pyridine rings is 1. The molecule has 2 heterocycles. The van der Waals surface area contributed by atoms with Gasteiger partial charge in [-0.3, -0.25) is 9.59 Å². The summed E-state index contributed by atoms with van der Waals surface area (Å²) in [7, 11) is 0. The number of halogens is 3. The SMILES string of the molecule is C=Nc1nc(-c2ccc(Cl)c(C(=O)Nc3cc(C(N)=O)nn3-c3ccccc3)c2)c(Cl)cc1F. The normalized spacial score (nSPS) is 10.7. The van der Waals surface area contributed by atoms with Gasteiger partial charge in [-0.1, -0.05) is 47.5 Å². The number of carbonyl (C=O) groups excluding carboxylic acids is 2. The van der Waals surface area contributed by atoms with Crippen molar-refractivity contribution in [3.05, 3.63) is 87.8 Å². The number of nitrogens with zero attached hydrogens (tertiary/aromatic N) is 4. The number of aromatic nitrogens is 3. The van der Waals surface area contributed by atoms with Crippen LogP contribution in [-0.2, 0) is 0 Å². The van der Waals surface area contributed by atoms with Crippen molar-refractivity contribution in [2.45, 2.75) is 0 Å². The average molecular weight is 497 g/mol. The summed E-state index contributed by atoms with van der Waals surface area (Å²) in [5.41, 5.74) is 6.60. The maximum Gasteiger partial charge on any atom is 0.269 e. The number of para-hydroxylation sites is 1. The molecule has 0 fully saturated rings. The zero-order chi connectivity index (χ0) is 24.4. The quantitative estimate of drug-likeness (QED) is 0.362. The molecule has 0 bridgehead atoms. The largest absolute Gasteiger partial charge is 0.364 e. The predicted molar refractivity (Wildman–Crippen MR) is 129 cm³/mol. The van der Waals surface area contributed by atoms with Crippen molar-refractivity contribution in [2.75, 3.05) is 5.32 Å². The summed E-state index contributed by atoms with van der Waals surface area (Å²) >= 11 is 12.4. The van der Waals surface area contributed by atoms with E-state index in [-0.39, 0.29) is 38.6 Å². The average Bonchev–Trinajstić information content (AvgIpc) is 3.24. The highest BCUT2D eigenvalue weighted by Crippen LogP contribution is 2.32. The van der Waals surface area contributed by atoms with Crippen molar-refractivity contribution in [1.29, 1.82) is 0 Å². The molecule has 11 heteroatoms. The van der Waals surface area contributed by atoms with Crippen LogP contribution in [0.3, 0.4) is 0 Å². The van der Waals surface area contributed by atoms with Gasteiger partial charge in [-0.25, -0.2) is 19.0 Å². The van der Waals surface area contributed by atoms with Crippen LogP contribution in [0.4, 0.5) is 16.0 Å². The molecule has 0 unspecified atom stereocenters. The summed E-state index contributed by atoms with van der Waals surface area (Å²) in [6, 6.07) is 15.8. The molecule has 0 spiro atoms. The molecule has 0 aliphatic carbocycles. The fraction of sp³-hybridized carbons (Fsp3) is 0. The van der Waals surface area contributed by atoms with E-state index in [9.17, 15) is 14.0 Å². The van der Waals surface area contributed by atoms with Crippen molar-refractivity contribution in [3.8, 4) is 16.9 Å². The van der Waals surface area contributed by atoms with E-state index in [1.54, 1.807) is 30.3 Å². The molecule has 3 N–H and O–H groups in total. The molecule has 2 amide bonds. The molecule has 8 nitrogen and oxygen atoms in total. The Bertz CT molecular complexity index is 1440. The first kappa shape index (κ1) is 23.1. The minimum atomic E-state index is -0.756.